The zero-order valence-corrected chi connectivity index (χ0v) is 11.1. The summed E-state index contributed by atoms with van der Waals surface area (Å²) in [5, 5.41) is 3.35. The molecule has 0 radical (unpaired) electrons. The van der Waals surface area contributed by atoms with Gasteiger partial charge in [-0.25, -0.2) is 0 Å². The highest BCUT2D eigenvalue weighted by Gasteiger charge is 2.25. The fraction of sp³-hybridized carbons (Fsp3) is 0.533. The number of hydrogen-bond donors (Lipinski definition) is 1. The summed E-state index contributed by atoms with van der Waals surface area (Å²) in [5.41, 5.74) is 0.810. The summed E-state index contributed by atoms with van der Waals surface area (Å²) in [5.74, 6) is 0.185. The molecule has 2 rings (SSSR count). The van der Waals surface area contributed by atoms with Gasteiger partial charge in [-0.15, -0.1) is 0 Å². The lowest BCUT2D eigenvalue weighted by Gasteiger charge is -2.34. The van der Waals surface area contributed by atoms with Gasteiger partial charge in [0, 0.05) is 18.2 Å². The summed E-state index contributed by atoms with van der Waals surface area (Å²) < 4.78 is 0. The molecule has 1 fully saturated rings. The van der Waals surface area contributed by atoms with Crippen LogP contribution < -0.4 is 5.32 Å². The maximum Gasteiger partial charge on any atom is 0.254 e. The minimum absolute atomic E-state index is 0.185. The van der Waals surface area contributed by atoms with Gasteiger partial charge in [-0.3, -0.25) is 4.79 Å². The first-order valence-electron chi connectivity index (χ1n) is 6.89. The minimum atomic E-state index is 0.185. The van der Waals surface area contributed by atoms with E-state index in [0.717, 1.165) is 44.5 Å². The molecule has 3 heteroatoms. The first kappa shape index (κ1) is 13.1. The van der Waals surface area contributed by atoms with E-state index in [0.29, 0.717) is 6.04 Å². The van der Waals surface area contributed by atoms with Crippen molar-refractivity contribution in [1.29, 1.82) is 0 Å². The predicted molar refractivity (Wildman–Crippen MR) is 73.7 cm³/mol. The first-order valence-corrected chi connectivity index (χ1v) is 6.89. The van der Waals surface area contributed by atoms with Crippen molar-refractivity contribution in [3.63, 3.8) is 0 Å². The van der Waals surface area contributed by atoms with E-state index in [1.165, 1.54) is 0 Å². The molecule has 1 amide bonds. The van der Waals surface area contributed by atoms with E-state index in [-0.39, 0.29) is 5.91 Å². The number of nitrogens with one attached hydrogen (secondary N) is 1. The topological polar surface area (TPSA) is 32.3 Å². The molecular formula is C15H22N2O. The van der Waals surface area contributed by atoms with Crippen LogP contribution in [0.15, 0.2) is 30.3 Å². The van der Waals surface area contributed by atoms with E-state index >= 15 is 0 Å². The Balaban J connectivity index is 2.11. The summed E-state index contributed by atoms with van der Waals surface area (Å²) >= 11 is 0. The second kappa shape index (κ2) is 6.55. The molecule has 0 unspecified atom stereocenters. The molecule has 0 spiro atoms. The number of piperidine rings is 1. The zero-order chi connectivity index (χ0) is 12.8. The van der Waals surface area contributed by atoms with E-state index in [4.69, 9.17) is 0 Å². The Labute approximate surface area is 109 Å². The van der Waals surface area contributed by atoms with Gasteiger partial charge in [0.2, 0.25) is 0 Å². The van der Waals surface area contributed by atoms with Crippen LogP contribution in [-0.2, 0) is 0 Å². The number of hydrogen-bond acceptors (Lipinski definition) is 2. The van der Waals surface area contributed by atoms with Crippen molar-refractivity contribution < 1.29 is 4.79 Å². The highest BCUT2D eigenvalue weighted by Crippen LogP contribution is 2.16. The predicted octanol–water partition coefficient (Wildman–Crippen LogP) is 2.29. The Hall–Kier alpha value is -1.35. The molecule has 1 aliphatic heterocycles. The quantitative estimate of drug-likeness (QED) is 0.884. The van der Waals surface area contributed by atoms with Crippen molar-refractivity contribution in [2.75, 3.05) is 19.6 Å². The molecule has 3 nitrogen and oxygen atoms in total. The number of amides is 1. The van der Waals surface area contributed by atoms with Crippen LogP contribution in [0, 0.1) is 0 Å². The van der Waals surface area contributed by atoms with Crippen LogP contribution in [0.4, 0.5) is 0 Å². The van der Waals surface area contributed by atoms with Gasteiger partial charge in [-0.2, -0.15) is 0 Å². The average Bonchev–Trinajstić information content (AvgIpc) is 2.46. The minimum Gasteiger partial charge on any atom is -0.336 e. The van der Waals surface area contributed by atoms with Crippen molar-refractivity contribution in [2.24, 2.45) is 0 Å². The molecule has 0 aromatic heterocycles. The first-order chi connectivity index (χ1) is 8.83. The third kappa shape index (κ3) is 3.10. The Morgan fingerprint density at radius 3 is 2.56 bits per heavy atom. The second-order valence-electron chi connectivity index (χ2n) is 4.85. The third-order valence-corrected chi connectivity index (χ3v) is 3.50. The highest BCUT2D eigenvalue weighted by atomic mass is 16.2. The standard InChI is InChI=1S/C15H22N2O/c1-2-12-17(14-8-10-16-11-9-14)15(18)13-6-4-3-5-7-13/h3-7,14,16H,2,8-12H2,1H3. The monoisotopic (exact) mass is 246 g/mol. The summed E-state index contributed by atoms with van der Waals surface area (Å²) in [4.78, 5) is 14.6. The molecular weight excluding hydrogens is 224 g/mol. The number of benzene rings is 1. The number of rotatable bonds is 4. The molecule has 1 saturated heterocycles. The van der Waals surface area contributed by atoms with Gasteiger partial charge in [0.15, 0.2) is 0 Å². The van der Waals surface area contributed by atoms with Gasteiger partial charge >= 0.3 is 0 Å². The van der Waals surface area contributed by atoms with Crippen LogP contribution in [0.2, 0.25) is 0 Å². The number of carbonyl (C=O) groups excluding carboxylic acids is 1. The molecule has 0 aliphatic carbocycles. The Morgan fingerprint density at radius 2 is 1.94 bits per heavy atom. The van der Waals surface area contributed by atoms with E-state index in [2.05, 4.69) is 17.1 Å². The Bertz CT molecular complexity index is 371. The van der Waals surface area contributed by atoms with Crippen LogP contribution in [0.1, 0.15) is 36.5 Å². The molecule has 18 heavy (non-hydrogen) atoms. The molecule has 1 heterocycles. The molecule has 98 valence electrons. The summed E-state index contributed by atoms with van der Waals surface area (Å²) in [7, 11) is 0. The normalized spacial score (nSPS) is 16.5. The van der Waals surface area contributed by atoms with Gasteiger partial charge in [0.05, 0.1) is 0 Å². The van der Waals surface area contributed by atoms with Gasteiger partial charge in [0.1, 0.15) is 0 Å². The summed E-state index contributed by atoms with van der Waals surface area (Å²) in [6, 6.07) is 10.0. The zero-order valence-electron chi connectivity index (χ0n) is 11.1. The van der Waals surface area contributed by atoms with Crippen LogP contribution in [0.3, 0.4) is 0 Å². The van der Waals surface area contributed by atoms with Gasteiger partial charge in [-0.1, -0.05) is 25.1 Å². The van der Waals surface area contributed by atoms with E-state index in [1.54, 1.807) is 0 Å². The van der Waals surface area contributed by atoms with Crippen LogP contribution in [0.25, 0.3) is 0 Å². The molecule has 1 aromatic carbocycles. The van der Waals surface area contributed by atoms with E-state index in [1.807, 2.05) is 30.3 Å². The third-order valence-electron chi connectivity index (χ3n) is 3.50. The highest BCUT2D eigenvalue weighted by molar-refractivity contribution is 5.94. The maximum atomic E-state index is 12.5. The molecule has 0 bridgehead atoms. The molecule has 0 atom stereocenters. The van der Waals surface area contributed by atoms with Crippen molar-refractivity contribution in [2.45, 2.75) is 32.2 Å². The van der Waals surface area contributed by atoms with Crippen LogP contribution in [-0.4, -0.2) is 36.5 Å². The van der Waals surface area contributed by atoms with E-state index < -0.39 is 0 Å². The smallest absolute Gasteiger partial charge is 0.254 e. The molecule has 1 aromatic rings. The lowest BCUT2D eigenvalue weighted by molar-refractivity contribution is 0.0642. The number of carbonyl (C=O) groups is 1. The summed E-state index contributed by atoms with van der Waals surface area (Å²) in [6.45, 7) is 5.03. The van der Waals surface area contributed by atoms with Crippen molar-refractivity contribution >= 4 is 5.91 Å². The molecule has 1 N–H and O–H groups in total. The largest absolute Gasteiger partial charge is 0.336 e. The van der Waals surface area contributed by atoms with Crippen molar-refractivity contribution in [3.8, 4) is 0 Å². The Morgan fingerprint density at radius 1 is 1.28 bits per heavy atom. The van der Waals surface area contributed by atoms with Gasteiger partial charge in [-0.05, 0) is 44.5 Å². The number of nitrogens with zero attached hydrogens (tertiary/aromatic N) is 1. The Kier molecular flexibility index (Phi) is 4.76. The fourth-order valence-electron chi connectivity index (χ4n) is 2.56. The van der Waals surface area contributed by atoms with Gasteiger partial charge in [0.25, 0.3) is 5.91 Å². The second-order valence-corrected chi connectivity index (χ2v) is 4.85. The fourth-order valence-corrected chi connectivity index (χ4v) is 2.56. The molecule has 1 aliphatic rings. The van der Waals surface area contributed by atoms with Gasteiger partial charge < -0.3 is 10.2 Å². The summed E-state index contributed by atoms with van der Waals surface area (Å²) in [6.07, 6.45) is 3.15. The van der Waals surface area contributed by atoms with Crippen LogP contribution >= 0.6 is 0 Å². The van der Waals surface area contributed by atoms with Crippen LogP contribution in [0.5, 0.6) is 0 Å². The lowest BCUT2D eigenvalue weighted by atomic mass is 10.0. The molecule has 0 saturated carbocycles. The van der Waals surface area contributed by atoms with E-state index in [9.17, 15) is 4.79 Å². The van der Waals surface area contributed by atoms with Crippen molar-refractivity contribution in [3.05, 3.63) is 35.9 Å². The SMILES string of the molecule is CCCN(C(=O)c1ccccc1)C1CCNCC1. The van der Waals surface area contributed by atoms with Crippen molar-refractivity contribution in [1.82, 2.24) is 10.2 Å². The maximum absolute atomic E-state index is 12.5. The average molecular weight is 246 g/mol. The lowest BCUT2D eigenvalue weighted by Crippen LogP contribution is -2.46.